The maximum absolute atomic E-state index is 4.62. The van der Waals surface area contributed by atoms with E-state index in [0.717, 1.165) is 35.6 Å². The van der Waals surface area contributed by atoms with Crippen molar-refractivity contribution in [3.63, 3.8) is 0 Å². The van der Waals surface area contributed by atoms with Gasteiger partial charge in [-0.1, -0.05) is 6.42 Å². The number of anilines is 1. The number of hydrogen-bond donors (Lipinski definition) is 2. The van der Waals surface area contributed by atoms with Crippen LogP contribution in [0.5, 0.6) is 0 Å². The summed E-state index contributed by atoms with van der Waals surface area (Å²) in [6, 6.07) is 4.74. The maximum atomic E-state index is 4.62. The lowest BCUT2D eigenvalue weighted by Gasteiger charge is -2.22. The molecule has 2 aromatic heterocycles. The van der Waals surface area contributed by atoms with Gasteiger partial charge in [-0.05, 0) is 37.9 Å². The van der Waals surface area contributed by atoms with Crippen molar-refractivity contribution < 1.29 is 0 Å². The first-order valence-corrected chi connectivity index (χ1v) is 7.49. The number of nitrogens with zero attached hydrogens (tertiary/aromatic N) is 3. The predicted molar refractivity (Wildman–Crippen MR) is 82.2 cm³/mol. The van der Waals surface area contributed by atoms with Gasteiger partial charge >= 0.3 is 0 Å². The van der Waals surface area contributed by atoms with Gasteiger partial charge in [-0.2, -0.15) is 0 Å². The summed E-state index contributed by atoms with van der Waals surface area (Å²) in [6.07, 6.45) is 6.11. The van der Waals surface area contributed by atoms with Gasteiger partial charge in [0.2, 0.25) is 0 Å². The number of aryl methyl sites for hydroxylation is 1. The Morgan fingerprint density at radius 1 is 1.25 bits per heavy atom. The van der Waals surface area contributed by atoms with Gasteiger partial charge in [0.05, 0.1) is 5.52 Å². The van der Waals surface area contributed by atoms with Crippen molar-refractivity contribution in [1.82, 2.24) is 20.3 Å². The minimum atomic E-state index is 0.655. The van der Waals surface area contributed by atoms with E-state index in [1.165, 1.54) is 25.8 Å². The fraction of sp³-hybridized carbons (Fsp3) is 0.600. The molecule has 1 aliphatic heterocycles. The number of pyridine rings is 1. The van der Waals surface area contributed by atoms with E-state index in [0.29, 0.717) is 6.04 Å². The van der Waals surface area contributed by atoms with Crippen molar-refractivity contribution >= 4 is 17.0 Å². The monoisotopic (exact) mass is 273 g/mol. The third kappa shape index (κ3) is 2.93. The number of aromatic nitrogens is 3. The highest BCUT2D eigenvalue weighted by atomic mass is 15.1. The standard InChI is InChI=1S/C15H23N5/c1-20(2)14-9-7-12-15(19-14)18-13(17-12)8-6-11-5-3-4-10-16-11/h7,9,11,16H,3-6,8,10H2,1-2H3,(H,17,18,19). The lowest BCUT2D eigenvalue weighted by atomic mass is 10.0. The molecule has 5 nitrogen and oxygen atoms in total. The highest BCUT2D eigenvalue weighted by Crippen LogP contribution is 2.17. The minimum Gasteiger partial charge on any atom is -0.363 e. The van der Waals surface area contributed by atoms with E-state index in [1.54, 1.807) is 0 Å². The van der Waals surface area contributed by atoms with E-state index in [9.17, 15) is 0 Å². The van der Waals surface area contributed by atoms with E-state index in [-0.39, 0.29) is 0 Å². The lowest BCUT2D eigenvalue weighted by molar-refractivity contribution is 0.381. The number of aromatic amines is 1. The Morgan fingerprint density at radius 2 is 2.15 bits per heavy atom. The summed E-state index contributed by atoms with van der Waals surface area (Å²) < 4.78 is 0. The Labute approximate surface area is 119 Å². The Kier molecular flexibility index (Phi) is 3.87. The fourth-order valence-electron chi connectivity index (χ4n) is 2.78. The molecule has 1 fully saturated rings. The average molecular weight is 273 g/mol. The highest BCUT2D eigenvalue weighted by Gasteiger charge is 2.13. The number of fused-ring (bicyclic) bond motifs is 1. The summed E-state index contributed by atoms with van der Waals surface area (Å²) in [5.41, 5.74) is 1.85. The van der Waals surface area contributed by atoms with E-state index in [1.807, 2.05) is 25.1 Å². The van der Waals surface area contributed by atoms with Crippen LogP contribution in [0, 0.1) is 0 Å². The second-order valence-electron chi connectivity index (χ2n) is 5.80. The molecule has 2 N–H and O–H groups in total. The first-order valence-electron chi connectivity index (χ1n) is 7.49. The first kappa shape index (κ1) is 13.4. The molecule has 5 heteroatoms. The van der Waals surface area contributed by atoms with E-state index >= 15 is 0 Å². The number of rotatable bonds is 4. The van der Waals surface area contributed by atoms with Gasteiger partial charge in [0, 0.05) is 26.6 Å². The van der Waals surface area contributed by atoms with Gasteiger partial charge < -0.3 is 15.2 Å². The van der Waals surface area contributed by atoms with Gasteiger partial charge in [0.1, 0.15) is 11.6 Å². The summed E-state index contributed by atoms with van der Waals surface area (Å²) in [5, 5.41) is 3.58. The van der Waals surface area contributed by atoms with Crippen LogP contribution in [0.2, 0.25) is 0 Å². The Morgan fingerprint density at radius 3 is 2.90 bits per heavy atom. The summed E-state index contributed by atoms with van der Waals surface area (Å²) in [7, 11) is 3.99. The van der Waals surface area contributed by atoms with Crippen LogP contribution in [0.4, 0.5) is 5.82 Å². The van der Waals surface area contributed by atoms with E-state index in [2.05, 4.69) is 26.3 Å². The third-order valence-corrected chi connectivity index (χ3v) is 3.98. The Bertz CT molecular complexity index is 569. The quantitative estimate of drug-likeness (QED) is 0.895. The molecule has 0 amide bonds. The molecule has 0 spiro atoms. The topological polar surface area (TPSA) is 56.8 Å². The zero-order valence-electron chi connectivity index (χ0n) is 12.3. The van der Waals surface area contributed by atoms with Gasteiger partial charge in [-0.3, -0.25) is 0 Å². The maximum Gasteiger partial charge on any atom is 0.179 e. The molecule has 0 aliphatic carbocycles. The Hall–Kier alpha value is -1.62. The van der Waals surface area contributed by atoms with Crippen molar-refractivity contribution in [3.8, 4) is 0 Å². The molecule has 1 unspecified atom stereocenters. The SMILES string of the molecule is CN(C)c1ccc2[nH]c(CCC3CCCCN3)nc2n1. The van der Waals surface area contributed by atoms with Crippen LogP contribution < -0.4 is 10.2 Å². The zero-order valence-corrected chi connectivity index (χ0v) is 12.3. The number of nitrogens with one attached hydrogen (secondary N) is 2. The molecule has 20 heavy (non-hydrogen) atoms. The highest BCUT2D eigenvalue weighted by molar-refractivity contribution is 5.73. The largest absolute Gasteiger partial charge is 0.363 e. The molecule has 0 saturated carbocycles. The minimum absolute atomic E-state index is 0.655. The van der Waals surface area contributed by atoms with Crippen molar-refractivity contribution in [2.24, 2.45) is 0 Å². The molecular formula is C15H23N5. The van der Waals surface area contributed by atoms with Crippen LogP contribution in [0.25, 0.3) is 11.2 Å². The third-order valence-electron chi connectivity index (χ3n) is 3.98. The zero-order chi connectivity index (χ0) is 13.9. The van der Waals surface area contributed by atoms with Crippen LogP contribution in [-0.4, -0.2) is 41.6 Å². The van der Waals surface area contributed by atoms with Gasteiger partial charge in [0.25, 0.3) is 0 Å². The number of piperidine rings is 1. The number of hydrogen-bond acceptors (Lipinski definition) is 4. The van der Waals surface area contributed by atoms with Crippen LogP contribution in [-0.2, 0) is 6.42 Å². The normalized spacial score (nSPS) is 19.4. The van der Waals surface area contributed by atoms with Gasteiger partial charge in [-0.25, -0.2) is 9.97 Å². The summed E-state index contributed by atoms with van der Waals surface area (Å²) in [4.78, 5) is 14.6. The number of imidazole rings is 1. The van der Waals surface area contributed by atoms with Crippen LogP contribution in [0.1, 0.15) is 31.5 Å². The smallest absolute Gasteiger partial charge is 0.179 e. The molecule has 1 atom stereocenters. The molecule has 108 valence electrons. The van der Waals surface area contributed by atoms with Crippen LogP contribution in [0.3, 0.4) is 0 Å². The second-order valence-corrected chi connectivity index (χ2v) is 5.80. The fourth-order valence-corrected chi connectivity index (χ4v) is 2.78. The molecule has 2 aromatic rings. The average Bonchev–Trinajstić information content (AvgIpc) is 2.88. The Balaban J connectivity index is 1.69. The predicted octanol–water partition coefficient (Wildman–Crippen LogP) is 2.10. The van der Waals surface area contributed by atoms with Crippen molar-refractivity contribution in [3.05, 3.63) is 18.0 Å². The van der Waals surface area contributed by atoms with E-state index in [4.69, 9.17) is 0 Å². The molecule has 3 heterocycles. The van der Waals surface area contributed by atoms with E-state index < -0.39 is 0 Å². The molecule has 0 aromatic carbocycles. The summed E-state index contributed by atoms with van der Waals surface area (Å²) in [6.45, 7) is 1.17. The van der Waals surface area contributed by atoms with Gasteiger partial charge in [-0.15, -0.1) is 0 Å². The molecule has 1 aliphatic rings. The second kappa shape index (κ2) is 5.79. The summed E-state index contributed by atoms with van der Waals surface area (Å²) >= 11 is 0. The first-order chi connectivity index (χ1) is 9.72. The molecular weight excluding hydrogens is 250 g/mol. The van der Waals surface area contributed by atoms with Crippen molar-refractivity contribution in [2.75, 3.05) is 25.5 Å². The molecule has 0 bridgehead atoms. The molecule has 3 rings (SSSR count). The molecule has 0 radical (unpaired) electrons. The van der Waals surface area contributed by atoms with Crippen molar-refractivity contribution in [2.45, 2.75) is 38.1 Å². The lowest BCUT2D eigenvalue weighted by Crippen LogP contribution is -2.34. The summed E-state index contributed by atoms with van der Waals surface area (Å²) in [5.74, 6) is 2.00. The van der Waals surface area contributed by atoms with Gasteiger partial charge in [0.15, 0.2) is 5.65 Å². The molecule has 1 saturated heterocycles. The van der Waals surface area contributed by atoms with Crippen molar-refractivity contribution in [1.29, 1.82) is 0 Å². The van der Waals surface area contributed by atoms with Crippen LogP contribution >= 0.6 is 0 Å². The van der Waals surface area contributed by atoms with Crippen LogP contribution in [0.15, 0.2) is 12.1 Å². The number of H-pyrrole nitrogens is 1.